The number of halogens is 1. The molecule has 1 aromatic heterocycles. The summed E-state index contributed by atoms with van der Waals surface area (Å²) in [6, 6.07) is 4.07. The van der Waals surface area contributed by atoms with Crippen LogP contribution < -0.4 is 0 Å². The van der Waals surface area contributed by atoms with Crippen molar-refractivity contribution in [3.05, 3.63) is 28.9 Å². The Bertz CT molecular complexity index is 394. The van der Waals surface area contributed by atoms with Gasteiger partial charge in [-0.25, -0.2) is 0 Å². The van der Waals surface area contributed by atoms with E-state index < -0.39 is 0 Å². The molecule has 0 bridgehead atoms. The molecular formula is C8H6ClNS. The van der Waals surface area contributed by atoms with Gasteiger partial charge in [-0.1, -0.05) is 17.7 Å². The molecule has 56 valence electrons. The molecule has 0 atom stereocenters. The van der Waals surface area contributed by atoms with Gasteiger partial charge in [0.25, 0.3) is 0 Å². The highest BCUT2D eigenvalue weighted by Crippen LogP contribution is 2.28. The second-order valence-corrected chi connectivity index (χ2v) is 3.65. The third-order valence-corrected chi connectivity index (χ3v) is 2.93. The zero-order valence-corrected chi connectivity index (χ0v) is 7.54. The summed E-state index contributed by atoms with van der Waals surface area (Å²) in [6.45, 7) is 2.00. The van der Waals surface area contributed by atoms with Crippen LogP contribution in [-0.4, -0.2) is 4.37 Å². The van der Waals surface area contributed by atoms with Gasteiger partial charge in [0.05, 0.1) is 15.9 Å². The Morgan fingerprint density at radius 2 is 2.27 bits per heavy atom. The van der Waals surface area contributed by atoms with E-state index in [-0.39, 0.29) is 0 Å². The minimum Gasteiger partial charge on any atom is -0.200 e. The van der Waals surface area contributed by atoms with E-state index in [2.05, 4.69) is 4.37 Å². The Hall–Kier alpha value is -0.600. The van der Waals surface area contributed by atoms with Gasteiger partial charge in [-0.2, -0.15) is 4.37 Å². The van der Waals surface area contributed by atoms with Crippen LogP contribution in [-0.2, 0) is 0 Å². The summed E-state index contributed by atoms with van der Waals surface area (Å²) in [7, 11) is 0. The fraction of sp³-hybridized carbons (Fsp3) is 0.125. The van der Waals surface area contributed by atoms with Crippen molar-refractivity contribution in [1.82, 2.24) is 4.37 Å². The van der Waals surface area contributed by atoms with Crippen LogP contribution in [0.25, 0.3) is 10.1 Å². The highest BCUT2D eigenvalue weighted by atomic mass is 35.5. The van der Waals surface area contributed by atoms with Gasteiger partial charge in [0, 0.05) is 5.39 Å². The van der Waals surface area contributed by atoms with Gasteiger partial charge >= 0.3 is 0 Å². The predicted molar refractivity (Wildman–Crippen MR) is 49.4 cm³/mol. The quantitative estimate of drug-likeness (QED) is 0.611. The number of hydrogen-bond donors (Lipinski definition) is 0. The summed E-state index contributed by atoms with van der Waals surface area (Å²) in [4.78, 5) is 0. The lowest BCUT2D eigenvalue weighted by Gasteiger charge is -1.95. The van der Waals surface area contributed by atoms with Crippen molar-refractivity contribution in [2.24, 2.45) is 0 Å². The van der Waals surface area contributed by atoms with E-state index in [1.165, 1.54) is 11.5 Å². The molecule has 0 saturated heterocycles. The van der Waals surface area contributed by atoms with E-state index >= 15 is 0 Å². The summed E-state index contributed by atoms with van der Waals surface area (Å²) in [6.07, 6.45) is 1.81. The maximum atomic E-state index is 6.03. The molecule has 2 aromatic rings. The van der Waals surface area contributed by atoms with Gasteiger partial charge in [-0.3, -0.25) is 0 Å². The third kappa shape index (κ3) is 1.03. The monoisotopic (exact) mass is 183 g/mol. The van der Waals surface area contributed by atoms with Gasteiger partial charge in [0.1, 0.15) is 0 Å². The van der Waals surface area contributed by atoms with E-state index in [1.54, 1.807) is 0 Å². The molecule has 2 rings (SSSR count). The van der Waals surface area contributed by atoms with Crippen LogP contribution in [0.5, 0.6) is 0 Å². The van der Waals surface area contributed by atoms with Crippen molar-refractivity contribution in [2.45, 2.75) is 6.92 Å². The lowest BCUT2D eigenvalue weighted by atomic mass is 10.2. The zero-order valence-electron chi connectivity index (χ0n) is 5.97. The van der Waals surface area contributed by atoms with Gasteiger partial charge in [-0.15, -0.1) is 0 Å². The van der Waals surface area contributed by atoms with Crippen molar-refractivity contribution in [2.75, 3.05) is 0 Å². The summed E-state index contributed by atoms with van der Waals surface area (Å²) >= 11 is 7.51. The molecule has 1 heterocycles. The van der Waals surface area contributed by atoms with E-state index in [4.69, 9.17) is 11.6 Å². The number of fused-ring (bicyclic) bond motifs is 1. The molecule has 0 radical (unpaired) electrons. The number of rotatable bonds is 0. The number of nitrogens with zero attached hydrogens (tertiary/aromatic N) is 1. The molecule has 0 aliphatic rings. The summed E-state index contributed by atoms with van der Waals surface area (Å²) in [5.74, 6) is 0. The normalized spacial score (nSPS) is 10.7. The Balaban J connectivity index is 2.93. The number of aromatic nitrogens is 1. The van der Waals surface area contributed by atoms with Gasteiger partial charge in [0.2, 0.25) is 0 Å². The molecule has 0 N–H and O–H groups in total. The van der Waals surface area contributed by atoms with Crippen LogP contribution in [0.3, 0.4) is 0 Å². The summed E-state index contributed by atoms with van der Waals surface area (Å²) in [5.41, 5.74) is 1.11. The van der Waals surface area contributed by atoms with Crippen LogP contribution in [0.1, 0.15) is 5.56 Å². The van der Waals surface area contributed by atoms with Crippen LogP contribution in [0, 0.1) is 6.92 Å². The lowest BCUT2D eigenvalue weighted by molar-refractivity contribution is 1.51. The second kappa shape index (κ2) is 2.47. The average molecular weight is 184 g/mol. The minimum atomic E-state index is 0.830. The SMILES string of the molecule is Cc1ccc2sncc2c1Cl. The molecule has 3 heteroatoms. The topological polar surface area (TPSA) is 12.9 Å². The molecule has 0 saturated carbocycles. The first-order valence-corrected chi connectivity index (χ1v) is 4.43. The van der Waals surface area contributed by atoms with Gasteiger partial charge < -0.3 is 0 Å². The Labute approximate surface area is 73.8 Å². The lowest BCUT2D eigenvalue weighted by Crippen LogP contribution is -1.73. The van der Waals surface area contributed by atoms with Gasteiger partial charge in [0.15, 0.2) is 0 Å². The van der Waals surface area contributed by atoms with Crippen LogP contribution in [0.4, 0.5) is 0 Å². The first-order chi connectivity index (χ1) is 5.29. The average Bonchev–Trinajstić information content (AvgIpc) is 2.45. The van der Waals surface area contributed by atoms with E-state index in [9.17, 15) is 0 Å². The van der Waals surface area contributed by atoms with Crippen molar-refractivity contribution in [3.8, 4) is 0 Å². The van der Waals surface area contributed by atoms with E-state index in [0.29, 0.717) is 0 Å². The highest BCUT2D eigenvalue weighted by Gasteiger charge is 2.02. The molecule has 0 unspecified atom stereocenters. The first kappa shape index (κ1) is 7.07. The molecule has 0 aliphatic heterocycles. The number of benzene rings is 1. The smallest absolute Gasteiger partial charge is 0.0565 e. The fourth-order valence-electron chi connectivity index (χ4n) is 1.02. The molecule has 0 amide bonds. The van der Waals surface area contributed by atoms with Crippen molar-refractivity contribution >= 4 is 33.2 Å². The van der Waals surface area contributed by atoms with Gasteiger partial charge in [-0.05, 0) is 30.1 Å². The zero-order chi connectivity index (χ0) is 7.84. The molecule has 0 spiro atoms. The molecular weight excluding hydrogens is 178 g/mol. The van der Waals surface area contributed by atoms with E-state index in [0.717, 1.165) is 20.7 Å². The Kier molecular flexibility index (Phi) is 1.59. The number of hydrogen-bond acceptors (Lipinski definition) is 2. The standard InChI is InChI=1S/C8H6ClNS/c1-5-2-3-7-6(8(5)9)4-10-11-7/h2-4H,1H3. The summed E-state index contributed by atoms with van der Waals surface area (Å²) in [5, 5.41) is 1.90. The first-order valence-electron chi connectivity index (χ1n) is 3.28. The van der Waals surface area contributed by atoms with Crippen molar-refractivity contribution < 1.29 is 0 Å². The Morgan fingerprint density at radius 1 is 1.45 bits per heavy atom. The molecule has 11 heavy (non-hydrogen) atoms. The van der Waals surface area contributed by atoms with Crippen LogP contribution >= 0.6 is 23.1 Å². The molecule has 1 nitrogen and oxygen atoms in total. The highest BCUT2D eigenvalue weighted by molar-refractivity contribution is 7.13. The van der Waals surface area contributed by atoms with Crippen molar-refractivity contribution in [3.63, 3.8) is 0 Å². The molecule has 0 fully saturated rings. The van der Waals surface area contributed by atoms with E-state index in [1.807, 2.05) is 25.3 Å². The largest absolute Gasteiger partial charge is 0.200 e. The third-order valence-electron chi connectivity index (χ3n) is 1.67. The molecule has 0 aliphatic carbocycles. The predicted octanol–water partition coefficient (Wildman–Crippen LogP) is 3.26. The van der Waals surface area contributed by atoms with Crippen LogP contribution in [0.15, 0.2) is 18.3 Å². The fourth-order valence-corrected chi connectivity index (χ4v) is 1.94. The number of aryl methyl sites for hydroxylation is 1. The Morgan fingerprint density at radius 3 is 3.09 bits per heavy atom. The molecule has 1 aromatic carbocycles. The maximum Gasteiger partial charge on any atom is 0.0565 e. The maximum absolute atomic E-state index is 6.03. The van der Waals surface area contributed by atoms with Crippen LogP contribution in [0.2, 0.25) is 5.02 Å². The minimum absolute atomic E-state index is 0.830. The summed E-state index contributed by atoms with van der Waals surface area (Å²) < 4.78 is 5.21. The second-order valence-electron chi connectivity index (χ2n) is 2.43. The van der Waals surface area contributed by atoms with Crippen molar-refractivity contribution in [1.29, 1.82) is 0 Å².